The van der Waals surface area contributed by atoms with Gasteiger partial charge >= 0.3 is 0 Å². The summed E-state index contributed by atoms with van der Waals surface area (Å²) in [6.45, 7) is 0.913. The van der Waals surface area contributed by atoms with Gasteiger partial charge in [-0.2, -0.15) is 0 Å². The number of hydrogen-bond acceptors (Lipinski definition) is 4. The van der Waals surface area contributed by atoms with E-state index in [2.05, 4.69) is 20.9 Å². The fraction of sp³-hybridized carbons (Fsp3) is 0.250. The van der Waals surface area contributed by atoms with Crippen LogP contribution in [0.2, 0.25) is 0 Å². The largest absolute Gasteiger partial charge is 0.340 e. The molecule has 5 heteroatoms. The molecule has 0 bridgehead atoms. The molecule has 0 saturated carbocycles. The van der Waals surface area contributed by atoms with Crippen molar-refractivity contribution < 1.29 is 4.79 Å². The smallest absolute Gasteiger partial charge is 0.241 e. The van der Waals surface area contributed by atoms with E-state index in [4.69, 9.17) is 0 Å². The van der Waals surface area contributed by atoms with Crippen LogP contribution in [0.1, 0.15) is 12.8 Å². The molecular weight excluding hydrogens is 264 g/mol. The number of hydrogen-bond donors (Lipinski definition) is 3. The summed E-state index contributed by atoms with van der Waals surface area (Å²) in [6, 6.07) is 13.5. The summed E-state index contributed by atoms with van der Waals surface area (Å²) in [4.78, 5) is 16.3. The Bertz CT molecular complexity index is 591. The van der Waals surface area contributed by atoms with Gasteiger partial charge < -0.3 is 16.0 Å². The fourth-order valence-electron chi connectivity index (χ4n) is 2.35. The van der Waals surface area contributed by atoms with E-state index in [1.54, 1.807) is 6.20 Å². The normalized spacial score (nSPS) is 17.4. The molecule has 2 heterocycles. The monoisotopic (exact) mass is 282 g/mol. The molecule has 5 nitrogen and oxygen atoms in total. The van der Waals surface area contributed by atoms with Crippen LogP contribution < -0.4 is 16.0 Å². The van der Waals surface area contributed by atoms with Crippen LogP contribution in [-0.2, 0) is 4.79 Å². The summed E-state index contributed by atoms with van der Waals surface area (Å²) in [5.74, 6) is 0.760. The van der Waals surface area contributed by atoms with Crippen LogP contribution in [0.5, 0.6) is 0 Å². The van der Waals surface area contributed by atoms with Gasteiger partial charge in [0.2, 0.25) is 5.91 Å². The van der Waals surface area contributed by atoms with Crippen LogP contribution in [0.3, 0.4) is 0 Å². The maximum atomic E-state index is 12.0. The zero-order chi connectivity index (χ0) is 14.5. The molecule has 0 aliphatic carbocycles. The number of carbonyl (C=O) groups is 1. The predicted octanol–water partition coefficient (Wildman–Crippen LogP) is 2.52. The molecule has 0 unspecified atom stereocenters. The van der Waals surface area contributed by atoms with E-state index in [0.717, 1.165) is 30.9 Å². The Morgan fingerprint density at radius 3 is 2.67 bits per heavy atom. The lowest BCUT2D eigenvalue weighted by Gasteiger charge is -2.11. The van der Waals surface area contributed by atoms with E-state index in [9.17, 15) is 4.79 Å². The Hall–Kier alpha value is -2.40. The number of benzene rings is 1. The number of nitrogens with one attached hydrogen (secondary N) is 3. The van der Waals surface area contributed by atoms with Gasteiger partial charge in [-0.3, -0.25) is 4.79 Å². The molecule has 3 N–H and O–H groups in total. The van der Waals surface area contributed by atoms with Crippen LogP contribution in [0.4, 0.5) is 17.2 Å². The van der Waals surface area contributed by atoms with Crippen molar-refractivity contribution in [1.82, 2.24) is 10.3 Å². The first-order chi connectivity index (χ1) is 10.3. The Labute approximate surface area is 123 Å². The Morgan fingerprint density at radius 2 is 2.00 bits per heavy atom. The molecule has 1 aliphatic rings. The third-order valence-corrected chi connectivity index (χ3v) is 3.45. The number of pyridine rings is 1. The van der Waals surface area contributed by atoms with Crippen molar-refractivity contribution in [3.63, 3.8) is 0 Å². The lowest BCUT2D eigenvalue weighted by Crippen LogP contribution is -2.35. The Balaban J connectivity index is 1.60. The van der Waals surface area contributed by atoms with E-state index in [1.165, 1.54) is 0 Å². The first-order valence-electron chi connectivity index (χ1n) is 7.14. The molecule has 1 fully saturated rings. The molecule has 1 saturated heterocycles. The average Bonchev–Trinajstić information content (AvgIpc) is 3.05. The summed E-state index contributed by atoms with van der Waals surface area (Å²) in [5, 5.41) is 9.26. The minimum absolute atomic E-state index is 0.0121. The highest BCUT2D eigenvalue weighted by Crippen LogP contribution is 2.16. The molecular formula is C16H18N4O. The van der Waals surface area contributed by atoms with Gasteiger partial charge in [-0.15, -0.1) is 0 Å². The van der Waals surface area contributed by atoms with E-state index < -0.39 is 0 Å². The maximum absolute atomic E-state index is 12.0. The topological polar surface area (TPSA) is 66.0 Å². The number of para-hydroxylation sites is 1. The van der Waals surface area contributed by atoms with Crippen LogP contribution in [-0.4, -0.2) is 23.5 Å². The van der Waals surface area contributed by atoms with E-state index in [-0.39, 0.29) is 11.9 Å². The minimum atomic E-state index is -0.0767. The van der Waals surface area contributed by atoms with Crippen LogP contribution in [0, 0.1) is 0 Å². The second-order valence-electron chi connectivity index (χ2n) is 5.06. The molecule has 1 aromatic carbocycles. The number of carbonyl (C=O) groups excluding carboxylic acids is 1. The van der Waals surface area contributed by atoms with Gasteiger partial charge in [0.1, 0.15) is 5.82 Å². The number of anilines is 3. The molecule has 2 aromatic rings. The molecule has 3 rings (SSSR count). The van der Waals surface area contributed by atoms with Gasteiger partial charge in [0.25, 0.3) is 0 Å². The van der Waals surface area contributed by atoms with Crippen molar-refractivity contribution >= 4 is 23.1 Å². The first kappa shape index (κ1) is 13.6. The van der Waals surface area contributed by atoms with Crippen molar-refractivity contribution in [1.29, 1.82) is 0 Å². The zero-order valence-electron chi connectivity index (χ0n) is 11.7. The second-order valence-corrected chi connectivity index (χ2v) is 5.06. The van der Waals surface area contributed by atoms with Gasteiger partial charge in [0.15, 0.2) is 0 Å². The van der Waals surface area contributed by atoms with Crippen LogP contribution in [0.15, 0.2) is 48.7 Å². The third kappa shape index (κ3) is 3.58. The number of amides is 1. The molecule has 108 valence electrons. The van der Waals surface area contributed by atoms with E-state index in [1.807, 2.05) is 42.5 Å². The zero-order valence-corrected chi connectivity index (χ0v) is 11.7. The highest BCUT2D eigenvalue weighted by molar-refractivity contribution is 5.94. The second kappa shape index (κ2) is 6.37. The van der Waals surface area contributed by atoms with Crippen LogP contribution >= 0.6 is 0 Å². The van der Waals surface area contributed by atoms with E-state index >= 15 is 0 Å². The highest BCUT2D eigenvalue weighted by atomic mass is 16.2. The number of nitrogens with zero attached hydrogens (tertiary/aromatic N) is 1. The van der Waals surface area contributed by atoms with Gasteiger partial charge in [0, 0.05) is 5.69 Å². The predicted molar refractivity (Wildman–Crippen MR) is 83.6 cm³/mol. The van der Waals surface area contributed by atoms with Gasteiger partial charge in [-0.1, -0.05) is 18.2 Å². The van der Waals surface area contributed by atoms with E-state index in [0.29, 0.717) is 5.69 Å². The average molecular weight is 282 g/mol. The molecule has 1 atom stereocenters. The molecule has 0 spiro atoms. The summed E-state index contributed by atoms with van der Waals surface area (Å²) in [6.07, 6.45) is 3.61. The van der Waals surface area contributed by atoms with Crippen molar-refractivity contribution in [2.75, 3.05) is 17.2 Å². The van der Waals surface area contributed by atoms with Crippen molar-refractivity contribution in [2.45, 2.75) is 18.9 Å². The standard InChI is InChI=1S/C16H18N4O/c21-16(14-7-4-10-17-14)20-13-8-9-15(18-11-13)19-12-5-2-1-3-6-12/h1-3,5-6,8-9,11,14,17H,4,7,10H2,(H,18,19)(H,20,21)/t14-/m0/s1. The summed E-state index contributed by atoms with van der Waals surface area (Å²) in [5.41, 5.74) is 1.70. The SMILES string of the molecule is O=C(Nc1ccc(Nc2ccccc2)nc1)[C@@H]1CCCN1. The fourth-order valence-corrected chi connectivity index (χ4v) is 2.35. The van der Waals surface area contributed by atoms with Crippen LogP contribution in [0.25, 0.3) is 0 Å². The lowest BCUT2D eigenvalue weighted by molar-refractivity contribution is -0.117. The maximum Gasteiger partial charge on any atom is 0.241 e. The van der Waals surface area contributed by atoms with Crippen molar-refractivity contribution in [3.8, 4) is 0 Å². The Morgan fingerprint density at radius 1 is 1.14 bits per heavy atom. The minimum Gasteiger partial charge on any atom is -0.340 e. The third-order valence-electron chi connectivity index (χ3n) is 3.45. The quantitative estimate of drug-likeness (QED) is 0.806. The number of aromatic nitrogens is 1. The first-order valence-corrected chi connectivity index (χ1v) is 7.14. The molecule has 1 amide bonds. The Kier molecular flexibility index (Phi) is 4.12. The molecule has 1 aromatic heterocycles. The van der Waals surface area contributed by atoms with Crippen molar-refractivity contribution in [2.24, 2.45) is 0 Å². The molecule has 0 radical (unpaired) electrons. The van der Waals surface area contributed by atoms with Gasteiger partial charge in [-0.25, -0.2) is 4.98 Å². The lowest BCUT2D eigenvalue weighted by atomic mass is 10.2. The summed E-state index contributed by atoms with van der Waals surface area (Å²) in [7, 11) is 0. The molecule has 21 heavy (non-hydrogen) atoms. The summed E-state index contributed by atoms with van der Waals surface area (Å²) < 4.78 is 0. The van der Waals surface area contributed by atoms with Gasteiger partial charge in [0.05, 0.1) is 17.9 Å². The summed E-state index contributed by atoms with van der Waals surface area (Å²) >= 11 is 0. The molecule has 1 aliphatic heterocycles. The number of rotatable bonds is 4. The van der Waals surface area contributed by atoms with Gasteiger partial charge in [-0.05, 0) is 43.7 Å². The van der Waals surface area contributed by atoms with Crippen molar-refractivity contribution in [3.05, 3.63) is 48.7 Å². The highest BCUT2D eigenvalue weighted by Gasteiger charge is 2.21.